The first kappa shape index (κ1) is 16.4. The van der Waals surface area contributed by atoms with Gasteiger partial charge in [-0.3, -0.25) is 9.59 Å². The zero-order valence-corrected chi connectivity index (χ0v) is 12.1. The van der Waals surface area contributed by atoms with Crippen molar-refractivity contribution in [3.05, 3.63) is 62.0 Å². The summed E-state index contributed by atoms with van der Waals surface area (Å²) < 4.78 is 37.8. The summed E-state index contributed by atoms with van der Waals surface area (Å²) in [6, 6.07) is 4.47. The number of carbonyl (C=O) groups excluding carboxylic acids is 1. The minimum absolute atomic E-state index is 0.00862. The Bertz CT molecular complexity index is 767. The minimum atomic E-state index is -4.65. The fourth-order valence-corrected chi connectivity index (χ4v) is 2.15. The van der Waals surface area contributed by atoms with E-state index in [0.29, 0.717) is 12.3 Å². The summed E-state index contributed by atoms with van der Waals surface area (Å²) in [5.41, 5.74) is -2.48. The third-order valence-corrected chi connectivity index (χ3v) is 3.04. The Morgan fingerprint density at radius 1 is 1.09 bits per heavy atom. The Morgan fingerprint density at radius 2 is 1.68 bits per heavy atom. The van der Waals surface area contributed by atoms with E-state index in [2.05, 4.69) is 5.32 Å². The van der Waals surface area contributed by atoms with E-state index in [1.807, 2.05) is 4.98 Å². The number of carbonyl (C=O) groups is 1. The molecule has 2 aromatic rings. The van der Waals surface area contributed by atoms with E-state index in [0.717, 1.165) is 0 Å². The first-order chi connectivity index (χ1) is 10.2. The Labute approximate surface area is 131 Å². The lowest BCUT2D eigenvalue weighted by atomic mass is 10.2. The van der Waals surface area contributed by atoms with Crippen LogP contribution >= 0.6 is 23.2 Å². The molecule has 0 saturated heterocycles. The van der Waals surface area contributed by atoms with Gasteiger partial charge in [0.15, 0.2) is 0 Å². The second kappa shape index (κ2) is 6.02. The van der Waals surface area contributed by atoms with E-state index in [9.17, 15) is 22.8 Å². The monoisotopic (exact) mass is 350 g/mol. The molecule has 4 nitrogen and oxygen atoms in total. The number of rotatable bonds is 2. The van der Waals surface area contributed by atoms with Crippen molar-refractivity contribution in [3.63, 3.8) is 0 Å². The largest absolute Gasteiger partial charge is 0.417 e. The molecule has 0 radical (unpaired) electrons. The van der Waals surface area contributed by atoms with Crippen LogP contribution in [0.3, 0.4) is 0 Å². The van der Waals surface area contributed by atoms with Gasteiger partial charge < -0.3 is 10.3 Å². The molecule has 0 fully saturated rings. The molecule has 1 amide bonds. The molecule has 1 aromatic carbocycles. The van der Waals surface area contributed by atoms with E-state index < -0.39 is 28.9 Å². The zero-order chi connectivity index (χ0) is 16.5. The SMILES string of the molecule is O=C(Nc1cc(C(F)(F)F)c[nH]c1=O)c1cc(Cl)cc(Cl)c1. The lowest BCUT2D eigenvalue weighted by Crippen LogP contribution is -2.21. The molecule has 0 aliphatic heterocycles. The molecule has 2 N–H and O–H groups in total. The van der Waals surface area contributed by atoms with Crippen LogP contribution in [0.2, 0.25) is 10.0 Å². The van der Waals surface area contributed by atoms with Crippen LogP contribution in [0.25, 0.3) is 0 Å². The van der Waals surface area contributed by atoms with E-state index >= 15 is 0 Å². The van der Waals surface area contributed by atoms with Crippen molar-refractivity contribution in [2.45, 2.75) is 6.18 Å². The maximum Gasteiger partial charge on any atom is 0.417 e. The van der Waals surface area contributed by atoms with E-state index in [1.165, 1.54) is 18.2 Å². The van der Waals surface area contributed by atoms with E-state index in [1.54, 1.807) is 0 Å². The summed E-state index contributed by atoms with van der Waals surface area (Å²) in [7, 11) is 0. The first-order valence-electron chi connectivity index (χ1n) is 5.74. The van der Waals surface area contributed by atoms with Gasteiger partial charge in [0.2, 0.25) is 0 Å². The Hall–Kier alpha value is -1.99. The topological polar surface area (TPSA) is 62.0 Å². The highest BCUT2D eigenvalue weighted by Crippen LogP contribution is 2.29. The summed E-state index contributed by atoms with van der Waals surface area (Å²) in [5.74, 6) is -0.811. The van der Waals surface area contributed by atoms with Crippen molar-refractivity contribution in [3.8, 4) is 0 Å². The average Bonchev–Trinajstić information content (AvgIpc) is 2.38. The van der Waals surface area contributed by atoms with E-state index in [-0.39, 0.29) is 15.6 Å². The number of aromatic amines is 1. The molecule has 0 unspecified atom stereocenters. The van der Waals surface area contributed by atoms with Crippen molar-refractivity contribution >= 4 is 34.8 Å². The molecule has 22 heavy (non-hydrogen) atoms. The summed E-state index contributed by atoms with van der Waals surface area (Å²) in [5, 5.41) is 2.45. The number of hydrogen-bond donors (Lipinski definition) is 2. The van der Waals surface area contributed by atoms with Crippen LogP contribution in [0.4, 0.5) is 18.9 Å². The number of pyridine rings is 1. The molecular formula is C13H7Cl2F3N2O2. The van der Waals surface area contributed by atoms with Gasteiger partial charge >= 0.3 is 6.18 Å². The Kier molecular flexibility index (Phi) is 4.48. The predicted molar refractivity (Wildman–Crippen MR) is 76.5 cm³/mol. The fraction of sp³-hybridized carbons (Fsp3) is 0.0769. The van der Waals surface area contributed by atoms with Gasteiger partial charge in [-0.15, -0.1) is 0 Å². The molecule has 1 heterocycles. The van der Waals surface area contributed by atoms with Crippen molar-refractivity contribution in [2.75, 3.05) is 5.32 Å². The van der Waals surface area contributed by atoms with Crippen LogP contribution in [-0.4, -0.2) is 10.9 Å². The van der Waals surface area contributed by atoms with Crippen molar-refractivity contribution in [1.82, 2.24) is 4.98 Å². The molecule has 0 aliphatic rings. The lowest BCUT2D eigenvalue weighted by Gasteiger charge is -2.09. The summed E-state index contributed by atoms with van der Waals surface area (Å²) in [6.45, 7) is 0. The molecule has 0 atom stereocenters. The fourth-order valence-electron chi connectivity index (χ4n) is 1.62. The second-order valence-corrected chi connectivity index (χ2v) is 5.11. The van der Waals surface area contributed by atoms with Crippen LogP contribution in [-0.2, 0) is 6.18 Å². The van der Waals surface area contributed by atoms with Gasteiger partial charge in [-0.05, 0) is 24.3 Å². The van der Waals surface area contributed by atoms with Gasteiger partial charge in [0.1, 0.15) is 5.69 Å². The maximum atomic E-state index is 12.6. The number of halogens is 5. The number of anilines is 1. The third kappa shape index (κ3) is 3.80. The highest BCUT2D eigenvalue weighted by Gasteiger charge is 2.31. The van der Waals surface area contributed by atoms with Crippen molar-refractivity contribution < 1.29 is 18.0 Å². The number of amides is 1. The summed E-state index contributed by atoms with van der Waals surface area (Å²) in [4.78, 5) is 25.4. The van der Waals surface area contributed by atoms with Crippen LogP contribution in [0.15, 0.2) is 35.3 Å². The van der Waals surface area contributed by atoms with Gasteiger partial charge in [0.05, 0.1) is 5.56 Å². The molecule has 0 spiro atoms. The molecule has 2 rings (SSSR count). The summed E-state index contributed by atoms with van der Waals surface area (Å²) >= 11 is 11.5. The molecular weight excluding hydrogens is 344 g/mol. The van der Waals surface area contributed by atoms with Gasteiger partial charge in [0, 0.05) is 21.8 Å². The quantitative estimate of drug-likeness (QED) is 0.861. The molecule has 116 valence electrons. The number of benzene rings is 1. The van der Waals surface area contributed by atoms with Crippen LogP contribution in [0.5, 0.6) is 0 Å². The highest BCUT2D eigenvalue weighted by atomic mass is 35.5. The molecule has 9 heteroatoms. The Balaban J connectivity index is 2.34. The van der Waals surface area contributed by atoms with Crippen LogP contribution < -0.4 is 10.9 Å². The predicted octanol–water partition coefficient (Wildman–Crippen LogP) is 3.95. The normalized spacial score (nSPS) is 11.3. The van der Waals surface area contributed by atoms with Gasteiger partial charge in [-0.1, -0.05) is 23.2 Å². The van der Waals surface area contributed by atoms with Crippen LogP contribution in [0.1, 0.15) is 15.9 Å². The highest BCUT2D eigenvalue weighted by molar-refractivity contribution is 6.35. The van der Waals surface area contributed by atoms with Crippen LogP contribution in [0, 0.1) is 0 Å². The second-order valence-electron chi connectivity index (χ2n) is 4.24. The molecule has 0 bridgehead atoms. The number of alkyl halides is 3. The number of nitrogens with one attached hydrogen (secondary N) is 2. The van der Waals surface area contributed by atoms with E-state index in [4.69, 9.17) is 23.2 Å². The molecule has 1 aromatic heterocycles. The van der Waals surface area contributed by atoms with Gasteiger partial charge in [-0.25, -0.2) is 0 Å². The number of aromatic nitrogens is 1. The zero-order valence-electron chi connectivity index (χ0n) is 10.6. The Morgan fingerprint density at radius 3 is 2.23 bits per heavy atom. The van der Waals surface area contributed by atoms with Crippen molar-refractivity contribution in [1.29, 1.82) is 0 Å². The standard InChI is InChI=1S/C13H7Cl2F3N2O2/c14-8-1-6(2-9(15)4-8)11(21)20-10-3-7(13(16,17)18)5-19-12(10)22/h1-5H,(H,19,22)(H,20,21). The number of hydrogen-bond acceptors (Lipinski definition) is 2. The number of H-pyrrole nitrogens is 1. The smallest absolute Gasteiger partial charge is 0.327 e. The molecule has 0 aliphatic carbocycles. The minimum Gasteiger partial charge on any atom is -0.327 e. The average molecular weight is 351 g/mol. The lowest BCUT2D eigenvalue weighted by molar-refractivity contribution is -0.137. The van der Waals surface area contributed by atoms with Gasteiger partial charge in [0.25, 0.3) is 11.5 Å². The maximum absolute atomic E-state index is 12.6. The molecule has 0 saturated carbocycles. The van der Waals surface area contributed by atoms with Crippen molar-refractivity contribution in [2.24, 2.45) is 0 Å². The first-order valence-corrected chi connectivity index (χ1v) is 6.50. The third-order valence-electron chi connectivity index (χ3n) is 2.60. The summed E-state index contributed by atoms with van der Waals surface area (Å²) in [6.07, 6.45) is -4.13. The van der Waals surface area contributed by atoms with Gasteiger partial charge in [-0.2, -0.15) is 13.2 Å².